The third-order valence-corrected chi connectivity index (χ3v) is 1.00. The van der Waals surface area contributed by atoms with Gasteiger partial charge in [-0.1, -0.05) is 18.7 Å². The average Bonchev–Trinajstić information content (AvgIpc) is 1.63. The zero-order valence-corrected chi connectivity index (χ0v) is 7.04. The second-order valence-corrected chi connectivity index (χ2v) is 2.80. The lowest BCUT2D eigenvalue weighted by Gasteiger charge is -2.08. The van der Waals surface area contributed by atoms with Gasteiger partial charge in [0.2, 0.25) is 4.38 Å². The van der Waals surface area contributed by atoms with Crippen LogP contribution >= 0.6 is 24.8 Å². The number of thiocarbonyl (C=S) groups is 1. The van der Waals surface area contributed by atoms with Crippen molar-refractivity contribution in [2.45, 2.75) is 19.4 Å². The fourth-order valence-corrected chi connectivity index (χ4v) is 0.799. The Morgan fingerprint density at radius 1 is 2.00 bits per heavy atom. The van der Waals surface area contributed by atoms with Crippen LogP contribution < -0.4 is 0 Å². The lowest BCUT2D eigenvalue weighted by molar-refractivity contribution is 0.225. The van der Waals surface area contributed by atoms with E-state index in [1.54, 1.807) is 6.08 Å². The first-order valence-corrected chi connectivity index (χ1v) is 3.53. The van der Waals surface area contributed by atoms with Gasteiger partial charge in [-0.3, -0.25) is 0 Å². The quantitative estimate of drug-likeness (QED) is 0.387. The third-order valence-electron chi connectivity index (χ3n) is 0.801. The topological polar surface area (TPSA) is 9.23 Å². The van der Waals surface area contributed by atoms with Crippen molar-refractivity contribution in [3.05, 3.63) is 12.7 Å². The Kier molecular flexibility index (Phi) is 4.81. The van der Waals surface area contributed by atoms with Gasteiger partial charge in [0, 0.05) is 6.42 Å². The molecule has 0 radical (unpaired) electrons. The predicted octanol–water partition coefficient (Wildman–Crippen LogP) is 2.18. The van der Waals surface area contributed by atoms with Gasteiger partial charge in [-0.05, 0) is 19.1 Å². The molecule has 0 aliphatic heterocycles. The largest absolute Gasteiger partial charge is 0.475 e. The number of hydrogen-bond donors (Lipinski definition) is 1. The van der Waals surface area contributed by atoms with E-state index in [2.05, 4.69) is 31.4 Å². The first kappa shape index (κ1) is 8.98. The van der Waals surface area contributed by atoms with E-state index in [9.17, 15) is 0 Å². The van der Waals surface area contributed by atoms with Gasteiger partial charge in [-0.2, -0.15) is 0 Å². The summed E-state index contributed by atoms with van der Waals surface area (Å²) in [7, 11) is 0. The number of ether oxygens (including phenoxy) is 1. The monoisotopic (exact) mass is 162 g/mol. The zero-order valence-electron chi connectivity index (χ0n) is 5.33. The fraction of sp³-hybridized carbons (Fsp3) is 0.500. The van der Waals surface area contributed by atoms with Crippen LogP contribution in [-0.4, -0.2) is 10.5 Å². The average molecular weight is 162 g/mol. The van der Waals surface area contributed by atoms with E-state index < -0.39 is 0 Å². The maximum Gasteiger partial charge on any atom is 0.217 e. The van der Waals surface area contributed by atoms with Gasteiger partial charge >= 0.3 is 0 Å². The second kappa shape index (κ2) is 4.82. The molecule has 3 heteroatoms. The number of hydrogen-bond acceptors (Lipinski definition) is 2. The van der Waals surface area contributed by atoms with Crippen LogP contribution in [0.25, 0.3) is 0 Å². The highest BCUT2D eigenvalue weighted by Gasteiger charge is 1.98. The summed E-state index contributed by atoms with van der Waals surface area (Å²) in [5, 5.41) is 0. The summed E-state index contributed by atoms with van der Waals surface area (Å²) < 4.78 is 5.31. The molecule has 9 heavy (non-hydrogen) atoms. The Bertz CT molecular complexity index is 112. The molecule has 0 aromatic rings. The molecule has 0 saturated carbocycles. The summed E-state index contributed by atoms with van der Waals surface area (Å²) in [4.78, 5) is 0. The molecule has 0 aromatic carbocycles. The standard InChI is InChI=1S/C6H10OS2/c1-3-4-5(2)7-6(8)9/h3,5H,1,4H2,2H3,(H,8,9). The molecule has 0 aromatic heterocycles. The van der Waals surface area contributed by atoms with E-state index in [1.807, 2.05) is 6.92 Å². The molecule has 52 valence electrons. The van der Waals surface area contributed by atoms with Gasteiger partial charge in [-0.25, -0.2) is 0 Å². The highest BCUT2D eigenvalue weighted by molar-refractivity contribution is 8.10. The Labute approximate surface area is 66.5 Å². The third kappa shape index (κ3) is 5.86. The second-order valence-electron chi connectivity index (χ2n) is 1.72. The minimum Gasteiger partial charge on any atom is -0.475 e. The number of rotatable bonds is 3. The molecule has 1 nitrogen and oxygen atoms in total. The minimum atomic E-state index is 0.104. The van der Waals surface area contributed by atoms with E-state index in [1.165, 1.54) is 0 Å². The van der Waals surface area contributed by atoms with Gasteiger partial charge < -0.3 is 4.74 Å². The molecular formula is C6H10OS2. The van der Waals surface area contributed by atoms with Crippen LogP contribution in [0.3, 0.4) is 0 Å². The van der Waals surface area contributed by atoms with Gasteiger partial charge in [0.05, 0.1) is 0 Å². The predicted molar refractivity (Wildman–Crippen MR) is 46.9 cm³/mol. The van der Waals surface area contributed by atoms with Crippen molar-refractivity contribution < 1.29 is 4.74 Å². The summed E-state index contributed by atoms with van der Waals surface area (Å²) in [6.45, 7) is 5.48. The van der Waals surface area contributed by atoms with E-state index in [-0.39, 0.29) is 6.10 Å². The van der Waals surface area contributed by atoms with Crippen LogP contribution in [0, 0.1) is 0 Å². The van der Waals surface area contributed by atoms with Gasteiger partial charge in [0.1, 0.15) is 6.10 Å². The van der Waals surface area contributed by atoms with Crippen LogP contribution in [0.2, 0.25) is 0 Å². The molecule has 0 bridgehead atoms. The number of thiol groups is 1. The molecule has 0 aliphatic carbocycles. The SMILES string of the molecule is C=CCC(C)OC(=S)S. The van der Waals surface area contributed by atoms with Crippen LogP contribution in [0.15, 0.2) is 12.7 Å². The Balaban J connectivity index is 3.37. The van der Waals surface area contributed by atoms with Crippen LogP contribution in [-0.2, 0) is 4.74 Å². The molecule has 0 N–H and O–H groups in total. The normalized spacial score (nSPS) is 12.2. The Morgan fingerprint density at radius 2 is 2.56 bits per heavy atom. The molecule has 0 heterocycles. The van der Waals surface area contributed by atoms with E-state index in [0.717, 1.165) is 6.42 Å². The maximum absolute atomic E-state index is 5.01. The molecule has 1 unspecified atom stereocenters. The smallest absolute Gasteiger partial charge is 0.217 e. The lowest BCUT2D eigenvalue weighted by atomic mass is 10.3. The first-order valence-electron chi connectivity index (χ1n) is 2.67. The van der Waals surface area contributed by atoms with Crippen molar-refractivity contribution in [2.24, 2.45) is 0 Å². The summed E-state index contributed by atoms with van der Waals surface area (Å²) in [5.41, 5.74) is 0. The van der Waals surface area contributed by atoms with Crippen molar-refractivity contribution in [3.8, 4) is 0 Å². The minimum absolute atomic E-state index is 0.104. The van der Waals surface area contributed by atoms with Gasteiger partial charge in [0.25, 0.3) is 0 Å². The molecule has 0 saturated heterocycles. The van der Waals surface area contributed by atoms with Crippen molar-refractivity contribution in [1.82, 2.24) is 0 Å². The molecule has 1 atom stereocenters. The van der Waals surface area contributed by atoms with E-state index in [0.29, 0.717) is 4.38 Å². The zero-order chi connectivity index (χ0) is 7.28. The summed E-state index contributed by atoms with van der Waals surface area (Å²) in [6, 6.07) is 0. The molecular weight excluding hydrogens is 152 g/mol. The first-order chi connectivity index (χ1) is 4.16. The summed E-state index contributed by atoms with van der Waals surface area (Å²) in [6.07, 6.45) is 2.70. The van der Waals surface area contributed by atoms with Crippen molar-refractivity contribution >= 4 is 29.2 Å². The summed E-state index contributed by atoms with van der Waals surface area (Å²) >= 11 is 8.40. The van der Waals surface area contributed by atoms with Crippen molar-refractivity contribution in [2.75, 3.05) is 0 Å². The molecule has 0 fully saturated rings. The molecule has 0 spiro atoms. The van der Waals surface area contributed by atoms with Gasteiger partial charge in [0.15, 0.2) is 0 Å². The molecule has 0 amide bonds. The molecule has 0 rings (SSSR count). The lowest BCUT2D eigenvalue weighted by Crippen LogP contribution is -2.07. The van der Waals surface area contributed by atoms with E-state index >= 15 is 0 Å². The van der Waals surface area contributed by atoms with E-state index in [4.69, 9.17) is 4.74 Å². The molecule has 0 aliphatic rings. The Morgan fingerprint density at radius 3 is 2.89 bits per heavy atom. The van der Waals surface area contributed by atoms with Crippen molar-refractivity contribution in [3.63, 3.8) is 0 Å². The van der Waals surface area contributed by atoms with Crippen LogP contribution in [0.1, 0.15) is 13.3 Å². The highest BCUT2D eigenvalue weighted by atomic mass is 32.1. The van der Waals surface area contributed by atoms with Gasteiger partial charge in [-0.15, -0.1) is 6.58 Å². The van der Waals surface area contributed by atoms with Crippen LogP contribution in [0.5, 0.6) is 0 Å². The highest BCUT2D eigenvalue weighted by Crippen LogP contribution is 2.00. The van der Waals surface area contributed by atoms with Crippen molar-refractivity contribution in [1.29, 1.82) is 0 Å². The fourth-order valence-electron chi connectivity index (χ4n) is 0.455. The summed E-state index contributed by atoms with van der Waals surface area (Å²) in [5.74, 6) is 0. The van der Waals surface area contributed by atoms with Crippen LogP contribution in [0.4, 0.5) is 0 Å². The maximum atomic E-state index is 5.01. The Hall–Kier alpha value is -0.0200.